The summed E-state index contributed by atoms with van der Waals surface area (Å²) in [5, 5.41) is 8.70. The molecule has 1 aromatic rings. The van der Waals surface area contributed by atoms with Crippen molar-refractivity contribution in [3.8, 4) is 0 Å². The number of carboxylic acid groups (broad SMARTS) is 1. The summed E-state index contributed by atoms with van der Waals surface area (Å²) in [7, 11) is 0. The summed E-state index contributed by atoms with van der Waals surface area (Å²) < 4.78 is 0. The number of hydrogen-bond acceptors (Lipinski definition) is 1. The maximum atomic E-state index is 10.6. The van der Waals surface area contributed by atoms with Gasteiger partial charge in [0, 0.05) is 6.08 Å². The highest BCUT2D eigenvalue weighted by atomic mass is 16.4. The molecule has 4 saturated carbocycles. The summed E-state index contributed by atoms with van der Waals surface area (Å²) in [6, 6.07) is 8.64. The third-order valence-electron chi connectivity index (χ3n) is 5.98. The van der Waals surface area contributed by atoms with Crippen molar-refractivity contribution in [1.29, 1.82) is 0 Å². The van der Waals surface area contributed by atoms with E-state index >= 15 is 0 Å². The Kier molecular flexibility index (Phi) is 2.95. The fourth-order valence-corrected chi connectivity index (χ4v) is 5.58. The van der Waals surface area contributed by atoms with E-state index in [0.29, 0.717) is 5.41 Å². The molecule has 2 nitrogen and oxygen atoms in total. The van der Waals surface area contributed by atoms with Gasteiger partial charge in [0.2, 0.25) is 0 Å². The predicted octanol–water partition coefficient (Wildman–Crippen LogP) is 4.25. The van der Waals surface area contributed by atoms with E-state index in [4.69, 9.17) is 5.11 Å². The molecule has 1 N–H and O–H groups in total. The highest BCUT2D eigenvalue weighted by Crippen LogP contribution is 2.60. The molecule has 0 atom stereocenters. The van der Waals surface area contributed by atoms with Crippen LogP contribution in [0.2, 0.25) is 0 Å². The molecule has 110 valence electrons. The Labute approximate surface area is 125 Å². The van der Waals surface area contributed by atoms with Crippen LogP contribution in [0.5, 0.6) is 0 Å². The molecule has 0 unspecified atom stereocenters. The highest BCUT2D eigenvalue weighted by Gasteiger charge is 2.51. The van der Waals surface area contributed by atoms with Crippen LogP contribution < -0.4 is 0 Å². The van der Waals surface area contributed by atoms with Gasteiger partial charge < -0.3 is 5.11 Å². The molecule has 0 radical (unpaired) electrons. The lowest BCUT2D eigenvalue weighted by atomic mass is 9.48. The van der Waals surface area contributed by atoms with Crippen molar-refractivity contribution in [1.82, 2.24) is 0 Å². The van der Waals surface area contributed by atoms with E-state index in [1.54, 1.807) is 6.08 Å². The van der Waals surface area contributed by atoms with Crippen molar-refractivity contribution >= 4 is 12.0 Å². The van der Waals surface area contributed by atoms with Gasteiger partial charge in [-0.1, -0.05) is 24.3 Å². The fourth-order valence-electron chi connectivity index (χ4n) is 5.58. The van der Waals surface area contributed by atoms with Crippen LogP contribution >= 0.6 is 0 Å². The zero-order valence-corrected chi connectivity index (χ0v) is 12.3. The van der Waals surface area contributed by atoms with E-state index in [0.717, 1.165) is 23.3 Å². The van der Waals surface area contributed by atoms with Gasteiger partial charge in [-0.3, -0.25) is 0 Å². The van der Waals surface area contributed by atoms with Crippen LogP contribution in [0.4, 0.5) is 0 Å². The number of hydrogen-bond donors (Lipinski definition) is 1. The van der Waals surface area contributed by atoms with Gasteiger partial charge in [-0.15, -0.1) is 0 Å². The minimum atomic E-state index is -0.889. The Balaban J connectivity index is 1.60. The topological polar surface area (TPSA) is 37.3 Å². The van der Waals surface area contributed by atoms with Gasteiger partial charge in [0.1, 0.15) is 0 Å². The highest BCUT2D eigenvalue weighted by molar-refractivity contribution is 5.85. The first-order valence-corrected chi connectivity index (χ1v) is 8.14. The smallest absolute Gasteiger partial charge is 0.328 e. The number of carboxylic acids is 1. The van der Waals surface area contributed by atoms with Gasteiger partial charge >= 0.3 is 5.97 Å². The SMILES string of the molecule is O=C(O)C=Cc1ccc(C23CC4CC(CC(C4)C2)C3)cc1. The van der Waals surface area contributed by atoms with Crippen molar-refractivity contribution < 1.29 is 9.90 Å². The molecule has 0 saturated heterocycles. The number of rotatable bonds is 3. The fraction of sp³-hybridized carbons (Fsp3) is 0.526. The van der Waals surface area contributed by atoms with Crippen molar-refractivity contribution in [2.75, 3.05) is 0 Å². The van der Waals surface area contributed by atoms with E-state index in [1.165, 1.54) is 50.2 Å². The van der Waals surface area contributed by atoms with Gasteiger partial charge in [0.25, 0.3) is 0 Å². The lowest BCUT2D eigenvalue weighted by Gasteiger charge is -2.57. The number of carbonyl (C=O) groups is 1. The lowest BCUT2D eigenvalue weighted by molar-refractivity contribution is -0.131. The van der Waals surface area contributed by atoms with E-state index < -0.39 is 5.97 Å². The minimum Gasteiger partial charge on any atom is -0.478 e. The van der Waals surface area contributed by atoms with Gasteiger partial charge in [-0.25, -0.2) is 4.79 Å². The predicted molar refractivity (Wildman–Crippen MR) is 83.0 cm³/mol. The molecule has 0 aromatic heterocycles. The molecule has 1 aromatic carbocycles. The maximum absolute atomic E-state index is 10.6. The first-order chi connectivity index (χ1) is 10.1. The molecule has 5 rings (SSSR count). The summed E-state index contributed by atoms with van der Waals surface area (Å²) in [4.78, 5) is 10.6. The average Bonchev–Trinajstić information content (AvgIpc) is 2.44. The molecule has 4 aliphatic rings. The second kappa shape index (κ2) is 4.72. The summed E-state index contributed by atoms with van der Waals surface area (Å²) in [5.41, 5.74) is 2.91. The van der Waals surface area contributed by atoms with Crippen LogP contribution in [-0.4, -0.2) is 11.1 Å². The van der Waals surface area contributed by atoms with Crippen molar-refractivity contribution in [2.45, 2.75) is 43.9 Å². The second-order valence-electron chi connectivity index (χ2n) is 7.49. The van der Waals surface area contributed by atoms with Crippen LogP contribution in [0, 0.1) is 17.8 Å². The number of benzene rings is 1. The second-order valence-corrected chi connectivity index (χ2v) is 7.49. The van der Waals surface area contributed by atoms with Crippen LogP contribution in [0.3, 0.4) is 0 Å². The molecular weight excluding hydrogens is 260 g/mol. The van der Waals surface area contributed by atoms with Crippen LogP contribution in [0.15, 0.2) is 30.3 Å². The standard InChI is InChI=1S/C19H22O2/c20-18(21)6-3-13-1-4-17(5-2-13)19-10-14-7-15(11-19)9-16(8-14)12-19/h1-6,14-16H,7-12H2,(H,20,21). The van der Waals surface area contributed by atoms with Crippen molar-refractivity contribution in [2.24, 2.45) is 17.8 Å². The molecule has 0 amide bonds. The minimum absolute atomic E-state index is 0.434. The Morgan fingerprint density at radius 2 is 1.52 bits per heavy atom. The summed E-state index contributed by atoms with van der Waals surface area (Å²) in [6.45, 7) is 0. The Hall–Kier alpha value is -1.57. The van der Waals surface area contributed by atoms with E-state index in [1.807, 2.05) is 0 Å². The molecule has 4 aliphatic carbocycles. The molecule has 21 heavy (non-hydrogen) atoms. The third kappa shape index (κ3) is 2.31. The van der Waals surface area contributed by atoms with Crippen molar-refractivity contribution in [3.63, 3.8) is 0 Å². The largest absolute Gasteiger partial charge is 0.478 e. The summed E-state index contributed by atoms with van der Waals surface area (Å²) >= 11 is 0. The van der Waals surface area contributed by atoms with E-state index in [2.05, 4.69) is 24.3 Å². The molecular formula is C19H22O2. The normalized spacial score (nSPS) is 37.2. The first kappa shape index (κ1) is 13.1. The Bertz CT molecular complexity index is 547. The number of aliphatic carboxylic acids is 1. The molecule has 2 heteroatoms. The van der Waals surface area contributed by atoms with Crippen molar-refractivity contribution in [3.05, 3.63) is 41.5 Å². The third-order valence-corrected chi connectivity index (χ3v) is 5.98. The van der Waals surface area contributed by atoms with E-state index in [9.17, 15) is 4.79 Å². The Morgan fingerprint density at radius 3 is 2.00 bits per heavy atom. The molecule has 4 bridgehead atoms. The van der Waals surface area contributed by atoms with Crippen LogP contribution in [0.1, 0.15) is 49.7 Å². The maximum Gasteiger partial charge on any atom is 0.328 e. The lowest BCUT2D eigenvalue weighted by Crippen LogP contribution is -2.48. The zero-order valence-electron chi connectivity index (χ0n) is 12.3. The molecule has 0 spiro atoms. The van der Waals surface area contributed by atoms with E-state index in [-0.39, 0.29) is 0 Å². The quantitative estimate of drug-likeness (QED) is 0.841. The first-order valence-electron chi connectivity index (χ1n) is 8.14. The summed E-state index contributed by atoms with van der Waals surface area (Å²) in [5.74, 6) is 1.99. The van der Waals surface area contributed by atoms with Gasteiger partial charge in [0.15, 0.2) is 0 Å². The average molecular weight is 282 g/mol. The summed E-state index contributed by atoms with van der Waals surface area (Å²) in [6.07, 6.45) is 11.4. The van der Waals surface area contributed by atoms with Crippen LogP contribution in [0.25, 0.3) is 6.08 Å². The monoisotopic (exact) mass is 282 g/mol. The van der Waals surface area contributed by atoms with Gasteiger partial charge in [-0.05, 0) is 78.9 Å². The van der Waals surface area contributed by atoms with Gasteiger partial charge in [0.05, 0.1) is 0 Å². The van der Waals surface area contributed by atoms with Gasteiger partial charge in [-0.2, -0.15) is 0 Å². The Morgan fingerprint density at radius 1 is 1.00 bits per heavy atom. The molecule has 4 fully saturated rings. The molecule has 0 aliphatic heterocycles. The van der Waals surface area contributed by atoms with Crippen LogP contribution in [-0.2, 0) is 10.2 Å². The molecule has 0 heterocycles. The zero-order chi connectivity index (χ0) is 14.4.